The topological polar surface area (TPSA) is 47.4 Å². The fraction of sp³-hybridized carbons (Fsp3) is 0.714. The summed E-state index contributed by atoms with van der Waals surface area (Å²) in [6.45, 7) is 8.09. The summed E-state index contributed by atoms with van der Waals surface area (Å²) in [6.07, 6.45) is 5.78. The minimum absolute atomic E-state index is 0.0340. The lowest BCUT2D eigenvalue weighted by Gasteiger charge is -2.31. The van der Waals surface area contributed by atoms with Gasteiger partial charge in [0.25, 0.3) is 0 Å². The van der Waals surface area contributed by atoms with Gasteiger partial charge in [-0.05, 0) is 33.2 Å². The molecule has 0 radical (unpaired) electrons. The SMILES string of the molecule is CCOC(=O)[C@@H]1CCCN(Cc2cncn2CC)C1. The molecule has 0 bridgehead atoms. The molecule has 5 nitrogen and oxygen atoms in total. The molecule has 0 spiro atoms. The molecule has 2 heterocycles. The molecular weight excluding hydrogens is 242 g/mol. The van der Waals surface area contributed by atoms with Crippen LogP contribution in [0.25, 0.3) is 0 Å². The second-order valence-electron chi connectivity index (χ2n) is 5.00. The minimum Gasteiger partial charge on any atom is -0.466 e. The van der Waals surface area contributed by atoms with Crippen molar-refractivity contribution in [2.45, 2.75) is 39.8 Å². The van der Waals surface area contributed by atoms with Gasteiger partial charge in [-0.3, -0.25) is 9.69 Å². The Hall–Kier alpha value is -1.36. The van der Waals surface area contributed by atoms with Crippen molar-refractivity contribution in [2.75, 3.05) is 19.7 Å². The molecule has 5 heteroatoms. The first-order valence-corrected chi connectivity index (χ1v) is 7.12. The van der Waals surface area contributed by atoms with E-state index in [-0.39, 0.29) is 11.9 Å². The third-order valence-electron chi connectivity index (χ3n) is 3.65. The van der Waals surface area contributed by atoms with Crippen LogP contribution in [0.2, 0.25) is 0 Å². The van der Waals surface area contributed by atoms with Gasteiger partial charge in [0.05, 0.1) is 24.5 Å². The molecule has 0 amide bonds. The summed E-state index contributed by atoms with van der Waals surface area (Å²) < 4.78 is 7.27. The van der Waals surface area contributed by atoms with Gasteiger partial charge in [0.1, 0.15) is 0 Å². The average Bonchev–Trinajstić information content (AvgIpc) is 2.86. The molecule has 0 saturated carbocycles. The average molecular weight is 265 g/mol. The van der Waals surface area contributed by atoms with Crippen molar-refractivity contribution in [1.29, 1.82) is 0 Å². The molecular formula is C14H23N3O2. The highest BCUT2D eigenvalue weighted by molar-refractivity contribution is 5.72. The van der Waals surface area contributed by atoms with E-state index in [1.54, 1.807) is 0 Å². The maximum absolute atomic E-state index is 11.8. The molecule has 19 heavy (non-hydrogen) atoms. The maximum atomic E-state index is 11.8. The van der Waals surface area contributed by atoms with Crippen molar-refractivity contribution in [3.05, 3.63) is 18.2 Å². The van der Waals surface area contributed by atoms with Crippen molar-refractivity contribution >= 4 is 5.97 Å². The van der Waals surface area contributed by atoms with Gasteiger partial charge >= 0.3 is 5.97 Å². The smallest absolute Gasteiger partial charge is 0.310 e. The van der Waals surface area contributed by atoms with Gasteiger partial charge in [-0.25, -0.2) is 4.98 Å². The molecule has 1 fully saturated rings. The molecule has 1 aromatic rings. The maximum Gasteiger partial charge on any atom is 0.310 e. The third kappa shape index (κ3) is 3.56. The Morgan fingerprint density at radius 2 is 2.37 bits per heavy atom. The Labute approximate surface area is 114 Å². The fourth-order valence-electron chi connectivity index (χ4n) is 2.65. The van der Waals surface area contributed by atoms with Crippen LogP contribution >= 0.6 is 0 Å². The Morgan fingerprint density at radius 3 is 3.11 bits per heavy atom. The molecule has 1 aliphatic rings. The zero-order valence-corrected chi connectivity index (χ0v) is 11.8. The van der Waals surface area contributed by atoms with Crippen LogP contribution in [0.3, 0.4) is 0 Å². The van der Waals surface area contributed by atoms with E-state index in [2.05, 4.69) is 21.4 Å². The Balaban J connectivity index is 1.92. The van der Waals surface area contributed by atoms with Gasteiger partial charge in [-0.1, -0.05) is 0 Å². The first-order valence-electron chi connectivity index (χ1n) is 7.12. The number of esters is 1. The van der Waals surface area contributed by atoms with Crippen molar-refractivity contribution in [2.24, 2.45) is 5.92 Å². The van der Waals surface area contributed by atoms with Gasteiger partial charge in [-0.15, -0.1) is 0 Å². The van der Waals surface area contributed by atoms with Crippen LogP contribution in [0.4, 0.5) is 0 Å². The van der Waals surface area contributed by atoms with E-state index in [1.165, 1.54) is 5.69 Å². The lowest BCUT2D eigenvalue weighted by molar-refractivity contribution is -0.150. The van der Waals surface area contributed by atoms with Gasteiger partial charge in [0.2, 0.25) is 0 Å². The number of carbonyl (C=O) groups is 1. The summed E-state index contributed by atoms with van der Waals surface area (Å²) in [5.74, 6) is -0.0112. The number of hydrogen-bond donors (Lipinski definition) is 0. The number of ether oxygens (including phenoxy) is 1. The van der Waals surface area contributed by atoms with Crippen molar-refractivity contribution < 1.29 is 9.53 Å². The number of likely N-dealkylation sites (tertiary alicyclic amines) is 1. The number of piperidine rings is 1. The number of nitrogens with zero attached hydrogens (tertiary/aromatic N) is 3. The molecule has 1 aromatic heterocycles. The molecule has 0 aliphatic carbocycles. The number of hydrogen-bond acceptors (Lipinski definition) is 4. The van der Waals surface area contributed by atoms with Gasteiger partial charge < -0.3 is 9.30 Å². The molecule has 2 rings (SSSR count). The monoisotopic (exact) mass is 265 g/mol. The van der Waals surface area contributed by atoms with Gasteiger partial charge in [0.15, 0.2) is 0 Å². The lowest BCUT2D eigenvalue weighted by atomic mass is 9.98. The molecule has 0 N–H and O–H groups in total. The summed E-state index contributed by atoms with van der Waals surface area (Å²) >= 11 is 0. The van der Waals surface area contributed by atoms with E-state index >= 15 is 0 Å². The predicted octanol–water partition coefficient (Wildman–Crippen LogP) is 1.68. The van der Waals surface area contributed by atoms with Crippen LogP contribution in [0.15, 0.2) is 12.5 Å². The number of imidazole rings is 1. The summed E-state index contributed by atoms with van der Waals surface area (Å²) in [6, 6.07) is 0. The Kier molecular flexibility index (Phi) is 4.96. The first-order chi connectivity index (χ1) is 9.24. The molecule has 1 saturated heterocycles. The molecule has 1 aliphatic heterocycles. The Bertz CT molecular complexity index is 417. The highest BCUT2D eigenvalue weighted by atomic mass is 16.5. The molecule has 0 unspecified atom stereocenters. The zero-order valence-electron chi connectivity index (χ0n) is 11.8. The van der Waals surface area contributed by atoms with E-state index in [4.69, 9.17) is 4.74 Å². The van der Waals surface area contributed by atoms with Crippen LogP contribution in [-0.4, -0.2) is 40.1 Å². The van der Waals surface area contributed by atoms with E-state index < -0.39 is 0 Å². The molecule has 106 valence electrons. The predicted molar refractivity (Wildman–Crippen MR) is 72.5 cm³/mol. The van der Waals surface area contributed by atoms with Crippen LogP contribution in [-0.2, 0) is 22.6 Å². The lowest BCUT2D eigenvalue weighted by Crippen LogP contribution is -2.39. The summed E-state index contributed by atoms with van der Waals surface area (Å²) in [4.78, 5) is 18.3. The number of carbonyl (C=O) groups excluding carboxylic acids is 1. The summed E-state index contributed by atoms with van der Waals surface area (Å²) in [5, 5.41) is 0. The van der Waals surface area contributed by atoms with Crippen LogP contribution < -0.4 is 0 Å². The van der Waals surface area contributed by atoms with E-state index in [0.717, 1.165) is 39.0 Å². The summed E-state index contributed by atoms with van der Waals surface area (Å²) in [7, 11) is 0. The number of aryl methyl sites for hydroxylation is 1. The second-order valence-corrected chi connectivity index (χ2v) is 5.00. The zero-order chi connectivity index (χ0) is 13.7. The van der Waals surface area contributed by atoms with Crippen molar-refractivity contribution in [3.8, 4) is 0 Å². The summed E-state index contributed by atoms with van der Waals surface area (Å²) in [5.41, 5.74) is 1.21. The largest absolute Gasteiger partial charge is 0.466 e. The van der Waals surface area contributed by atoms with E-state index in [9.17, 15) is 4.79 Å². The molecule has 0 aromatic carbocycles. The Morgan fingerprint density at radius 1 is 1.53 bits per heavy atom. The second kappa shape index (κ2) is 6.70. The van der Waals surface area contributed by atoms with Gasteiger partial charge in [-0.2, -0.15) is 0 Å². The van der Waals surface area contributed by atoms with Crippen LogP contribution in [0, 0.1) is 5.92 Å². The van der Waals surface area contributed by atoms with E-state index in [0.29, 0.717) is 6.61 Å². The van der Waals surface area contributed by atoms with Crippen molar-refractivity contribution in [3.63, 3.8) is 0 Å². The first kappa shape index (κ1) is 14.1. The highest BCUT2D eigenvalue weighted by Crippen LogP contribution is 2.19. The van der Waals surface area contributed by atoms with E-state index in [1.807, 2.05) is 19.4 Å². The highest BCUT2D eigenvalue weighted by Gasteiger charge is 2.27. The quantitative estimate of drug-likeness (QED) is 0.760. The number of rotatable bonds is 5. The number of aromatic nitrogens is 2. The van der Waals surface area contributed by atoms with Crippen molar-refractivity contribution in [1.82, 2.24) is 14.5 Å². The third-order valence-corrected chi connectivity index (χ3v) is 3.65. The fourth-order valence-corrected chi connectivity index (χ4v) is 2.65. The van der Waals surface area contributed by atoms with Gasteiger partial charge in [0, 0.05) is 25.8 Å². The minimum atomic E-state index is -0.0452. The molecule has 1 atom stereocenters. The standard InChI is InChI=1S/C14H23N3O2/c1-3-17-11-15-8-13(17)10-16-7-5-6-12(9-16)14(18)19-4-2/h8,11-12H,3-7,9-10H2,1-2H3/t12-/m1/s1. The van der Waals surface area contributed by atoms with Crippen LogP contribution in [0.5, 0.6) is 0 Å². The van der Waals surface area contributed by atoms with Crippen LogP contribution in [0.1, 0.15) is 32.4 Å². The normalized spacial score (nSPS) is 20.4.